The predicted octanol–water partition coefficient (Wildman–Crippen LogP) is 4.75. The minimum Gasteiger partial charge on any atom is -0.335 e. The van der Waals surface area contributed by atoms with Crippen molar-refractivity contribution in [3.05, 3.63) is 125 Å². The molecule has 1 saturated heterocycles. The summed E-state index contributed by atoms with van der Waals surface area (Å²) in [5.41, 5.74) is 4.52. The van der Waals surface area contributed by atoms with E-state index in [9.17, 15) is 9.59 Å². The lowest BCUT2D eigenvalue weighted by Gasteiger charge is -2.34. The molecule has 0 bridgehead atoms. The zero-order valence-electron chi connectivity index (χ0n) is 21.7. The number of nitrogens with zero attached hydrogens (tertiary/aromatic N) is 4. The molecule has 0 saturated carbocycles. The van der Waals surface area contributed by atoms with Gasteiger partial charge in [0.2, 0.25) is 0 Å². The maximum atomic E-state index is 12.8. The number of carbonyl (C=O) groups excluding carboxylic acids is 2. The van der Waals surface area contributed by atoms with Crippen LogP contribution in [-0.2, 0) is 19.5 Å². The van der Waals surface area contributed by atoms with Crippen molar-refractivity contribution < 1.29 is 9.59 Å². The highest BCUT2D eigenvalue weighted by atomic mass is 16.1. The molecule has 1 aliphatic rings. The summed E-state index contributed by atoms with van der Waals surface area (Å²) in [6.45, 7) is 6.85. The van der Waals surface area contributed by atoms with Crippen molar-refractivity contribution in [2.45, 2.75) is 25.9 Å². The van der Waals surface area contributed by atoms with E-state index in [1.807, 2.05) is 41.0 Å². The second kappa shape index (κ2) is 12.6. The highest BCUT2D eigenvalue weighted by Crippen LogP contribution is 2.14. The van der Waals surface area contributed by atoms with Gasteiger partial charge < -0.3 is 4.57 Å². The third-order valence-electron chi connectivity index (χ3n) is 7.13. The summed E-state index contributed by atoms with van der Waals surface area (Å²) in [7, 11) is 0. The van der Waals surface area contributed by atoms with Gasteiger partial charge in [-0.3, -0.25) is 19.4 Å². The summed E-state index contributed by atoms with van der Waals surface area (Å²) in [5.74, 6) is -0.412. The summed E-state index contributed by atoms with van der Waals surface area (Å²) in [5, 5.41) is 0. The Kier molecular flexibility index (Phi) is 8.53. The molecule has 3 aromatic carbocycles. The van der Waals surface area contributed by atoms with Gasteiger partial charge in [0.05, 0.1) is 12.7 Å². The largest absolute Gasteiger partial charge is 0.335 e. The van der Waals surface area contributed by atoms with Crippen LogP contribution in [0.5, 0.6) is 0 Å². The van der Waals surface area contributed by atoms with Crippen LogP contribution in [-0.4, -0.2) is 63.6 Å². The van der Waals surface area contributed by atoms with Crippen LogP contribution in [0, 0.1) is 0 Å². The van der Waals surface area contributed by atoms with E-state index in [0.717, 1.165) is 57.8 Å². The monoisotopic (exact) mass is 506 g/mol. The van der Waals surface area contributed by atoms with Crippen LogP contribution in [0.4, 0.5) is 0 Å². The second-order valence-electron chi connectivity index (χ2n) is 9.99. The SMILES string of the molecule is O=C(CC(=O)c1cn(CCN2CCN(Cc3ccccc3)CC2)cn1)c1cccc(Cc2ccccc2)c1. The van der Waals surface area contributed by atoms with Crippen molar-refractivity contribution in [2.24, 2.45) is 0 Å². The first-order chi connectivity index (χ1) is 18.6. The van der Waals surface area contributed by atoms with Gasteiger partial charge in [-0.25, -0.2) is 4.98 Å². The number of ketones is 2. The maximum absolute atomic E-state index is 12.8. The Bertz CT molecular complexity index is 1340. The number of carbonyl (C=O) groups is 2. The Morgan fingerprint density at radius 1 is 0.684 bits per heavy atom. The Balaban J connectivity index is 1.08. The standard InChI is InChI=1S/C32H34N4O2/c37-31(29-13-7-12-28(21-29)20-26-8-3-1-4-9-26)22-32(38)30-24-36(25-33-30)19-16-34-14-17-35(18-15-34)23-27-10-5-2-6-11-27/h1-13,21,24-25H,14-20,22-23H2. The minimum atomic E-state index is -0.239. The molecule has 194 valence electrons. The number of imidazole rings is 1. The molecule has 0 aliphatic carbocycles. The van der Waals surface area contributed by atoms with Crippen molar-refractivity contribution in [3.63, 3.8) is 0 Å². The highest BCUT2D eigenvalue weighted by Gasteiger charge is 2.18. The predicted molar refractivity (Wildman–Crippen MR) is 149 cm³/mol. The van der Waals surface area contributed by atoms with Gasteiger partial charge in [-0.05, 0) is 29.2 Å². The van der Waals surface area contributed by atoms with Gasteiger partial charge in [0.25, 0.3) is 0 Å². The summed E-state index contributed by atoms with van der Waals surface area (Å²) >= 11 is 0. The Morgan fingerprint density at radius 2 is 1.34 bits per heavy atom. The van der Waals surface area contributed by atoms with Gasteiger partial charge in [-0.2, -0.15) is 0 Å². The van der Waals surface area contributed by atoms with Crippen LogP contribution < -0.4 is 0 Å². The van der Waals surface area contributed by atoms with Crippen LogP contribution in [0.25, 0.3) is 0 Å². The quantitative estimate of drug-likeness (QED) is 0.217. The summed E-state index contributed by atoms with van der Waals surface area (Å²) < 4.78 is 1.95. The fraction of sp³-hybridized carbons (Fsp3) is 0.281. The van der Waals surface area contributed by atoms with Crippen LogP contribution in [0.1, 0.15) is 44.0 Å². The van der Waals surface area contributed by atoms with E-state index < -0.39 is 0 Å². The van der Waals surface area contributed by atoms with Gasteiger partial charge in [-0.1, -0.05) is 78.9 Å². The molecule has 38 heavy (non-hydrogen) atoms. The molecule has 0 atom stereocenters. The van der Waals surface area contributed by atoms with E-state index in [2.05, 4.69) is 57.2 Å². The first kappa shape index (κ1) is 25.8. The van der Waals surface area contributed by atoms with Gasteiger partial charge in [0, 0.05) is 57.6 Å². The highest BCUT2D eigenvalue weighted by molar-refractivity contribution is 6.12. The van der Waals surface area contributed by atoms with E-state index in [0.29, 0.717) is 11.3 Å². The van der Waals surface area contributed by atoms with Gasteiger partial charge >= 0.3 is 0 Å². The summed E-state index contributed by atoms with van der Waals surface area (Å²) in [6, 6.07) is 28.3. The van der Waals surface area contributed by atoms with Crippen LogP contribution >= 0.6 is 0 Å². The number of piperazine rings is 1. The molecule has 4 aromatic rings. The molecular formula is C32H34N4O2. The average molecular weight is 507 g/mol. The molecule has 0 amide bonds. The summed E-state index contributed by atoms with van der Waals surface area (Å²) in [4.78, 5) is 34.9. The molecule has 5 rings (SSSR count). The normalized spacial score (nSPS) is 14.4. The second-order valence-corrected chi connectivity index (χ2v) is 9.99. The zero-order valence-corrected chi connectivity index (χ0v) is 21.7. The molecule has 1 fully saturated rings. The molecular weight excluding hydrogens is 472 g/mol. The Hall–Kier alpha value is -3.87. The van der Waals surface area contributed by atoms with Crippen LogP contribution in [0.3, 0.4) is 0 Å². The lowest BCUT2D eigenvalue weighted by Crippen LogP contribution is -2.46. The molecule has 6 nitrogen and oxygen atoms in total. The average Bonchev–Trinajstić information content (AvgIpc) is 3.43. The number of hydrogen-bond donors (Lipinski definition) is 0. The summed E-state index contributed by atoms with van der Waals surface area (Å²) in [6.07, 6.45) is 4.05. The first-order valence-corrected chi connectivity index (χ1v) is 13.3. The molecule has 0 spiro atoms. The third-order valence-corrected chi connectivity index (χ3v) is 7.13. The smallest absolute Gasteiger partial charge is 0.190 e. The molecule has 1 aliphatic heterocycles. The Morgan fingerprint density at radius 3 is 2.08 bits per heavy atom. The van der Waals surface area contributed by atoms with Crippen LogP contribution in [0.2, 0.25) is 0 Å². The number of Topliss-reactive ketones (excluding diaryl/α,β-unsaturated/α-hetero) is 2. The van der Waals surface area contributed by atoms with E-state index in [4.69, 9.17) is 0 Å². The topological polar surface area (TPSA) is 58.4 Å². The van der Waals surface area contributed by atoms with Crippen molar-refractivity contribution in [2.75, 3.05) is 32.7 Å². The molecule has 0 unspecified atom stereocenters. The van der Waals surface area contributed by atoms with Gasteiger partial charge in [0.1, 0.15) is 5.69 Å². The first-order valence-electron chi connectivity index (χ1n) is 13.3. The molecule has 0 N–H and O–H groups in total. The van der Waals surface area contributed by atoms with E-state index in [1.54, 1.807) is 18.6 Å². The lowest BCUT2D eigenvalue weighted by atomic mass is 9.99. The van der Waals surface area contributed by atoms with E-state index in [-0.39, 0.29) is 18.0 Å². The van der Waals surface area contributed by atoms with Crippen molar-refractivity contribution >= 4 is 11.6 Å². The molecule has 6 heteroatoms. The molecule has 2 heterocycles. The van der Waals surface area contributed by atoms with Crippen LogP contribution in [0.15, 0.2) is 97.5 Å². The van der Waals surface area contributed by atoms with Crippen molar-refractivity contribution in [3.8, 4) is 0 Å². The fourth-order valence-electron chi connectivity index (χ4n) is 4.92. The van der Waals surface area contributed by atoms with Crippen molar-refractivity contribution in [1.82, 2.24) is 19.4 Å². The van der Waals surface area contributed by atoms with E-state index in [1.165, 1.54) is 11.1 Å². The Labute approximate surface area is 224 Å². The minimum absolute atomic E-state index is 0.171. The van der Waals surface area contributed by atoms with E-state index >= 15 is 0 Å². The van der Waals surface area contributed by atoms with Gasteiger partial charge in [0.15, 0.2) is 11.6 Å². The third kappa shape index (κ3) is 7.12. The molecule has 0 radical (unpaired) electrons. The number of rotatable bonds is 11. The van der Waals surface area contributed by atoms with Crippen molar-refractivity contribution in [1.29, 1.82) is 0 Å². The number of aromatic nitrogens is 2. The number of benzene rings is 3. The fourth-order valence-corrected chi connectivity index (χ4v) is 4.92. The van der Waals surface area contributed by atoms with Gasteiger partial charge in [-0.15, -0.1) is 0 Å². The number of hydrogen-bond acceptors (Lipinski definition) is 5. The molecule has 1 aromatic heterocycles. The zero-order chi connectivity index (χ0) is 26.2. The maximum Gasteiger partial charge on any atom is 0.190 e. The lowest BCUT2D eigenvalue weighted by molar-refractivity contribution is 0.0891.